The zero-order valence-corrected chi connectivity index (χ0v) is 20.6. The summed E-state index contributed by atoms with van der Waals surface area (Å²) in [4.78, 5) is 31.3. The molecule has 1 aliphatic rings. The molecule has 1 saturated heterocycles. The summed E-state index contributed by atoms with van der Waals surface area (Å²) in [5.74, 6) is -1.48. The van der Waals surface area contributed by atoms with Crippen LogP contribution >= 0.6 is 0 Å². The van der Waals surface area contributed by atoms with E-state index in [1.807, 2.05) is 55.6 Å². The molecule has 0 bridgehead atoms. The van der Waals surface area contributed by atoms with Crippen molar-refractivity contribution in [3.8, 4) is 5.75 Å². The number of Topliss-reactive ketones (excluding diaryl/α,β-unsaturated/α-hetero) is 1. The topological polar surface area (TPSA) is 82.6 Å². The number of aromatic amines is 1. The molecule has 37 heavy (non-hydrogen) atoms. The number of benzene rings is 3. The van der Waals surface area contributed by atoms with E-state index in [-0.39, 0.29) is 23.4 Å². The van der Waals surface area contributed by atoms with Crippen LogP contribution in [-0.4, -0.2) is 40.3 Å². The number of halogens is 1. The maximum atomic E-state index is 13.5. The summed E-state index contributed by atoms with van der Waals surface area (Å²) in [6.45, 7) is 2.31. The molecule has 5 rings (SSSR count). The van der Waals surface area contributed by atoms with Crippen LogP contribution in [0.1, 0.15) is 35.2 Å². The van der Waals surface area contributed by atoms with Gasteiger partial charge in [0.05, 0.1) is 18.7 Å². The van der Waals surface area contributed by atoms with Gasteiger partial charge in [0.25, 0.3) is 11.7 Å². The Balaban J connectivity index is 1.55. The molecule has 0 saturated carbocycles. The molecular formula is C30H27FN2O4. The van der Waals surface area contributed by atoms with E-state index in [0.717, 1.165) is 39.8 Å². The number of aryl methyl sites for hydroxylation is 1. The predicted molar refractivity (Wildman–Crippen MR) is 140 cm³/mol. The van der Waals surface area contributed by atoms with Gasteiger partial charge in [-0.1, -0.05) is 31.2 Å². The predicted octanol–water partition coefficient (Wildman–Crippen LogP) is 5.54. The SMILES string of the molecule is CCc1ccc([C@@H]2C(=C(O)c3ccc(F)cc3)C(=O)C(=O)N2CCc2c[nH]c3ccc(OC)cc23)cc1. The molecule has 1 aromatic heterocycles. The largest absolute Gasteiger partial charge is 0.507 e. The number of hydrogen-bond acceptors (Lipinski definition) is 4. The molecule has 0 spiro atoms. The number of nitrogens with zero attached hydrogens (tertiary/aromatic N) is 1. The van der Waals surface area contributed by atoms with Crippen molar-refractivity contribution < 1.29 is 23.8 Å². The minimum absolute atomic E-state index is 0.00134. The van der Waals surface area contributed by atoms with Crippen molar-refractivity contribution in [1.29, 1.82) is 0 Å². The average molecular weight is 499 g/mol. The number of likely N-dealkylation sites (tertiary alicyclic amines) is 1. The monoisotopic (exact) mass is 498 g/mol. The van der Waals surface area contributed by atoms with Crippen molar-refractivity contribution in [2.75, 3.05) is 13.7 Å². The molecule has 188 valence electrons. The number of nitrogens with one attached hydrogen (secondary N) is 1. The Labute approximate surface area is 214 Å². The summed E-state index contributed by atoms with van der Waals surface area (Å²) in [5.41, 5.74) is 4.04. The zero-order chi connectivity index (χ0) is 26.1. The van der Waals surface area contributed by atoms with Crippen LogP contribution in [0.25, 0.3) is 16.7 Å². The number of H-pyrrole nitrogens is 1. The summed E-state index contributed by atoms with van der Waals surface area (Å²) in [5, 5.41) is 12.1. The van der Waals surface area contributed by atoms with E-state index in [4.69, 9.17) is 4.74 Å². The highest BCUT2D eigenvalue weighted by molar-refractivity contribution is 6.46. The van der Waals surface area contributed by atoms with Crippen molar-refractivity contribution in [2.24, 2.45) is 0 Å². The van der Waals surface area contributed by atoms with E-state index >= 15 is 0 Å². The highest BCUT2D eigenvalue weighted by Crippen LogP contribution is 2.40. The molecule has 2 heterocycles. The maximum absolute atomic E-state index is 13.5. The number of aromatic nitrogens is 1. The first-order chi connectivity index (χ1) is 17.9. The number of carbonyl (C=O) groups excluding carboxylic acids is 2. The molecule has 0 unspecified atom stereocenters. The average Bonchev–Trinajstić information content (AvgIpc) is 3.44. The third-order valence-corrected chi connectivity index (χ3v) is 6.96. The van der Waals surface area contributed by atoms with Gasteiger partial charge >= 0.3 is 0 Å². The number of methoxy groups -OCH3 is 1. The quantitative estimate of drug-likeness (QED) is 0.199. The first kappa shape index (κ1) is 24.3. The zero-order valence-electron chi connectivity index (χ0n) is 20.6. The fraction of sp³-hybridized carbons (Fsp3) is 0.200. The van der Waals surface area contributed by atoms with Gasteiger partial charge in [-0.2, -0.15) is 0 Å². The molecular weight excluding hydrogens is 471 g/mol. The van der Waals surface area contributed by atoms with E-state index < -0.39 is 23.5 Å². The smallest absolute Gasteiger partial charge is 0.295 e. The molecule has 0 aliphatic carbocycles. The van der Waals surface area contributed by atoms with Gasteiger partial charge < -0.3 is 19.7 Å². The standard InChI is InChI=1S/C30H27FN2O4/c1-3-18-4-6-19(7-5-18)27-26(28(34)20-8-10-22(31)11-9-20)29(35)30(36)33(27)15-14-21-17-32-25-13-12-23(37-2)16-24(21)25/h4-13,16-17,27,32,34H,3,14-15H2,1-2H3/t27-/m1/s1. The summed E-state index contributed by atoms with van der Waals surface area (Å²) < 4.78 is 18.9. The Bertz CT molecular complexity index is 1500. The van der Waals surface area contributed by atoms with Crippen molar-refractivity contribution in [1.82, 2.24) is 9.88 Å². The van der Waals surface area contributed by atoms with E-state index in [1.165, 1.54) is 29.2 Å². The van der Waals surface area contributed by atoms with Crippen molar-refractivity contribution in [3.63, 3.8) is 0 Å². The number of carbonyl (C=O) groups is 2. The number of aliphatic hydroxyl groups excluding tert-OH is 1. The molecule has 1 aliphatic heterocycles. The first-order valence-corrected chi connectivity index (χ1v) is 12.2. The normalized spacial score (nSPS) is 17.1. The fourth-order valence-corrected chi connectivity index (χ4v) is 4.89. The van der Waals surface area contributed by atoms with Gasteiger partial charge in [-0.05, 0) is 72.0 Å². The third-order valence-electron chi connectivity index (χ3n) is 6.96. The first-order valence-electron chi connectivity index (χ1n) is 12.2. The minimum Gasteiger partial charge on any atom is -0.507 e. The Morgan fingerprint density at radius 1 is 1.05 bits per heavy atom. The van der Waals surface area contributed by atoms with Crippen molar-refractivity contribution in [2.45, 2.75) is 25.8 Å². The molecule has 0 radical (unpaired) electrons. The number of ketones is 1. The van der Waals surface area contributed by atoms with Crippen LogP contribution in [0.3, 0.4) is 0 Å². The highest BCUT2D eigenvalue weighted by atomic mass is 19.1. The Kier molecular flexibility index (Phi) is 6.53. The molecule has 3 aromatic carbocycles. The molecule has 2 N–H and O–H groups in total. The van der Waals surface area contributed by atoms with E-state index in [9.17, 15) is 19.1 Å². The van der Waals surface area contributed by atoms with Crippen LogP contribution in [0.15, 0.2) is 78.5 Å². The van der Waals surface area contributed by atoms with Crippen LogP contribution in [0, 0.1) is 5.82 Å². The number of aliphatic hydroxyl groups is 1. The summed E-state index contributed by atoms with van der Waals surface area (Å²) >= 11 is 0. The van der Waals surface area contributed by atoms with E-state index in [0.29, 0.717) is 6.42 Å². The van der Waals surface area contributed by atoms with Gasteiger partial charge in [0.1, 0.15) is 17.3 Å². The Morgan fingerprint density at radius 3 is 2.46 bits per heavy atom. The Morgan fingerprint density at radius 2 is 1.78 bits per heavy atom. The van der Waals surface area contributed by atoms with Gasteiger partial charge in [0.15, 0.2) is 0 Å². The molecule has 1 fully saturated rings. The molecule has 6 nitrogen and oxygen atoms in total. The number of ether oxygens (including phenoxy) is 1. The second kappa shape index (κ2) is 9.93. The highest BCUT2D eigenvalue weighted by Gasteiger charge is 2.45. The van der Waals surface area contributed by atoms with Crippen LogP contribution in [-0.2, 0) is 22.4 Å². The number of fused-ring (bicyclic) bond motifs is 1. The second-order valence-corrected chi connectivity index (χ2v) is 9.07. The maximum Gasteiger partial charge on any atom is 0.295 e. The molecule has 1 amide bonds. The lowest BCUT2D eigenvalue weighted by Gasteiger charge is -2.25. The number of rotatable bonds is 7. The molecule has 1 atom stereocenters. The summed E-state index contributed by atoms with van der Waals surface area (Å²) in [6.07, 6.45) is 3.23. The molecule has 7 heteroatoms. The number of hydrogen-bond donors (Lipinski definition) is 2. The van der Waals surface area contributed by atoms with Crippen LogP contribution in [0.4, 0.5) is 4.39 Å². The molecule has 4 aromatic rings. The lowest BCUT2D eigenvalue weighted by Crippen LogP contribution is -2.31. The lowest BCUT2D eigenvalue weighted by molar-refractivity contribution is -0.139. The Hall–Kier alpha value is -4.39. The number of amides is 1. The fourth-order valence-electron chi connectivity index (χ4n) is 4.89. The van der Waals surface area contributed by atoms with Crippen molar-refractivity contribution in [3.05, 3.63) is 107 Å². The van der Waals surface area contributed by atoms with Crippen LogP contribution in [0.5, 0.6) is 5.75 Å². The third kappa shape index (κ3) is 4.48. The van der Waals surface area contributed by atoms with Gasteiger partial charge in [-0.25, -0.2) is 4.39 Å². The van der Waals surface area contributed by atoms with Crippen molar-refractivity contribution >= 4 is 28.4 Å². The van der Waals surface area contributed by atoms with Crippen LogP contribution in [0.2, 0.25) is 0 Å². The van der Waals surface area contributed by atoms with Crippen LogP contribution < -0.4 is 4.74 Å². The van der Waals surface area contributed by atoms with Gasteiger partial charge in [0, 0.05) is 29.2 Å². The lowest BCUT2D eigenvalue weighted by atomic mass is 9.94. The van der Waals surface area contributed by atoms with E-state index in [2.05, 4.69) is 4.98 Å². The minimum atomic E-state index is -0.768. The van der Waals surface area contributed by atoms with Gasteiger partial charge in [-0.3, -0.25) is 9.59 Å². The second-order valence-electron chi connectivity index (χ2n) is 9.07. The summed E-state index contributed by atoms with van der Waals surface area (Å²) in [7, 11) is 1.61. The van der Waals surface area contributed by atoms with Gasteiger partial charge in [0.2, 0.25) is 0 Å². The van der Waals surface area contributed by atoms with E-state index in [1.54, 1.807) is 7.11 Å². The van der Waals surface area contributed by atoms with Gasteiger partial charge in [-0.15, -0.1) is 0 Å². The summed E-state index contributed by atoms with van der Waals surface area (Å²) in [6, 6.07) is 17.9.